The Morgan fingerprint density at radius 3 is 2.75 bits per heavy atom. The number of carbonyl (C=O) groups excluding carboxylic acids is 1. The number of aryl methyl sites for hydroxylation is 1. The van der Waals surface area contributed by atoms with Crippen LogP contribution in [-0.4, -0.2) is 34.3 Å². The Hall–Kier alpha value is -2.67. The zero-order chi connectivity index (χ0) is 17.1. The van der Waals surface area contributed by atoms with Gasteiger partial charge < -0.3 is 15.2 Å². The van der Waals surface area contributed by atoms with Crippen molar-refractivity contribution in [2.24, 2.45) is 0 Å². The first-order valence-corrected chi connectivity index (χ1v) is 7.81. The smallest absolute Gasteiger partial charge is 0.320 e. The summed E-state index contributed by atoms with van der Waals surface area (Å²) >= 11 is 0. The van der Waals surface area contributed by atoms with Gasteiger partial charge in [0.05, 0.1) is 12.3 Å². The van der Waals surface area contributed by atoms with E-state index in [9.17, 15) is 9.90 Å². The number of nitrogens with zero attached hydrogens (tertiary/aromatic N) is 2. The van der Waals surface area contributed by atoms with Crippen molar-refractivity contribution in [3.63, 3.8) is 0 Å². The summed E-state index contributed by atoms with van der Waals surface area (Å²) in [6.45, 7) is 1.94. The summed E-state index contributed by atoms with van der Waals surface area (Å²) in [4.78, 5) is 19.9. The first-order valence-electron chi connectivity index (χ1n) is 7.81. The lowest BCUT2D eigenvalue weighted by molar-refractivity contribution is 0.0738. The minimum atomic E-state index is -0.350. The Labute approximate surface area is 140 Å². The van der Waals surface area contributed by atoms with E-state index in [1.165, 1.54) is 7.05 Å². The lowest BCUT2D eigenvalue weighted by atomic mass is 9.78. The number of amides is 2. The Balaban J connectivity index is 1.89. The fourth-order valence-corrected chi connectivity index (χ4v) is 2.64. The second-order valence-corrected chi connectivity index (χ2v) is 5.93. The van der Waals surface area contributed by atoms with Crippen LogP contribution in [0.5, 0.6) is 11.5 Å². The number of ether oxygens (including phenoxy) is 1. The second-order valence-electron chi connectivity index (χ2n) is 5.93. The van der Waals surface area contributed by atoms with Crippen molar-refractivity contribution in [1.82, 2.24) is 15.3 Å². The van der Waals surface area contributed by atoms with Gasteiger partial charge in [-0.3, -0.25) is 10.3 Å². The molecule has 0 unspecified atom stereocenters. The van der Waals surface area contributed by atoms with Crippen molar-refractivity contribution in [2.75, 3.05) is 12.4 Å². The number of aliphatic hydroxyl groups excluding tert-OH is 1. The van der Waals surface area contributed by atoms with Gasteiger partial charge in [0.1, 0.15) is 17.3 Å². The maximum absolute atomic E-state index is 11.5. The molecule has 0 aromatic carbocycles. The second kappa shape index (κ2) is 6.84. The summed E-state index contributed by atoms with van der Waals surface area (Å²) in [5.41, 5.74) is 1.91. The van der Waals surface area contributed by atoms with Crippen LogP contribution in [0.25, 0.3) is 0 Å². The minimum Gasteiger partial charge on any atom is -0.455 e. The quantitative estimate of drug-likeness (QED) is 0.801. The normalized spacial score (nSPS) is 19.3. The Morgan fingerprint density at radius 2 is 2.08 bits per heavy atom. The van der Waals surface area contributed by atoms with Gasteiger partial charge in [0.2, 0.25) is 0 Å². The largest absolute Gasteiger partial charge is 0.455 e. The van der Waals surface area contributed by atoms with Gasteiger partial charge in [-0.05, 0) is 37.3 Å². The lowest BCUT2D eigenvalue weighted by Crippen LogP contribution is -2.27. The SMILES string of the molecule is CNC(=O)Nc1cc(Oc2cncc(C)c2)c(C2CC(O)C2)cn1. The molecule has 1 aliphatic rings. The van der Waals surface area contributed by atoms with E-state index in [-0.39, 0.29) is 18.1 Å². The molecule has 2 aromatic rings. The van der Waals surface area contributed by atoms with Crippen molar-refractivity contribution in [1.29, 1.82) is 0 Å². The highest BCUT2D eigenvalue weighted by Gasteiger charge is 2.31. The number of nitrogens with one attached hydrogen (secondary N) is 2. The molecule has 0 spiro atoms. The molecule has 3 N–H and O–H groups in total. The van der Waals surface area contributed by atoms with E-state index < -0.39 is 0 Å². The van der Waals surface area contributed by atoms with E-state index >= 15 is 0 Å². The molecule has 2 amide bonds. The third-order valence-electron chi connectivity index (χ3n) is 3.99. The first-order chi connectivity index (χ1) is 11.5. The number of anilines is 1. The van der Waals surface area contributed by atoms with Gasteiger partial charge in [-0.2, -0.15) is 0 Å². The molecule has 3 rings (SSSR count). The third kappa shape index (κ3) is 3.62. The van der Waals surface area contributed by atoms with Crippen LogP contribution in [0.4, 0.5) is 10.6 Å². The summed E-state index contributed by atoms with van der Waals surface area (Å²) in [6.07, 6.45) is 6.19. The van der Waals surface area contributed by atoms with Crippen LogP contribution in [0.1, 0.15) is 29.9 Å². The number of carbonyl (C=O) groups is 1. The van der Waals surface area contributed by atoms with Gasteiger partial charge in [0.15, 0.2) is 0 Å². The molecule has 0 radical (unpaired) electrons. The van der Waals surface area contributed by atoms with E-state index in [1.54, 1.807) is 24.7 Å². The number of aliphatic hydroxyl groups is 1. The predicted octanol–water partition coefficient (Wildman–Crippen LogP) is 2.57. The highest BCUT2D eigenvalue weighted by atomic mass is 16.5. The van der Waals surface area contributed by atoms with Crippen LogP contribution in [0.2, 0.25) is 0 Å². The molecule has 7 heteroatoms. The molecule has 126 valence electrons. The lowest BCUT2D eigenvalue weighted by Gasteiger charge is -2.32. The number of urea groups is 1. The summed E-state index contributed by atoms with van der Waals surface area (Å²) in [5.74, 6) is 1.83. The molecule has 2 aromatic heterocycles. The molecule has 1 fully saturated rings. The summed E-state index contributed by atoms with van der Waals surface area (Å²) in [5, 5.41) is 14.7. The van der Waals surface area contributed by atoms with Crippen LogP contribution in [-0.2, 0) is 0 Å². The van der Waals surface area contributed by atoms with E-state index in [1.807, 2.05) is 13.0 Å². The predicted molar refractivity (Wildman–Crippen MR) is 89.3 cm³/mol. The molecule has 1 aliphatic carbocycles. The van der Waals surface area contributed by atoms with Gasteiger partial charge in [0, 0.05) is 31.1 Å². The monoisotopic (exact) mass is 328 g/mol. The van der Waals surface area contributed by atoms with Crippen molar-refractivity contribution in [3.05, 3.63) is 41.9 Å². The highest BCUT2D eigenvalue weighted by Crippen LogP contribution is 2.42. The number of hydrogen-bond donors (Lipinski definition) is 3. The Kier molecular flexibility index (Phi) is 4.61. The average Bonchev–Trinajstić information content (AvgIpc) is 2.52. The fourth-order valence-electron chi connectivity index (χ4n) is 2.64. The van der Waals surface area contributed by atoms with Crippen molar-refractivity contribution >= 4 is 11.8 Å². The average molecular weight is 328 g/mol. The van der Waals surface area contributed by atoms with Gasteiger partial charge in [-0.25, -0.2) is 9.78 Å². The zero-order valence-corrected chi connectivity index (χ0v) is 13.6. The van der Waals surface area contributed by atoms with Crippen molar-refractivity contribution in [2.45, 2.75) is 31.8 Å². The molecule has 0 atom stereocenters. The van der Waals surface area contributed by atoms with Crippen LogP contribution < -0.4 is 15.4 Å². The van der Waals surface area contributed by atoms with Crippen molar-refractivity contribution in [3.8, 4) is 11.5 Å². The maximum atomic E-state index is 11.5. The molecule has 0 bridgehead atoms. The van der Waals surface area contributed by atoms with Gasteiger partial charge in [0.25, 0.3) is 0 Å². The fraction of sp³-hybridized carbons (Fsp3) is 0.353. The molecule has 2 heterocycles. The molecule has 1 saturated carbocycles. The maximum Gasteiger partial charge on any atom is 0.320 e. The zero-order valence-electron chi connectivity index (χ0n) is 13.6. The molecule has 7 nitrogen and oxygen atoms in total. The number of hydrogen-bond acceptors (Lipinski definition) is 5. The van der Waals surface area contributed by atoms with Gasteiger partial charge >= 0.3 is 6.03 Å². The number of aromatic nitrogens is 2. The summed E-state index contributed by atoms with van der Waals surface area (Å²) in [6, 6.07) is 3.23. The van der Waals surface area contributed by atoms with Crippen LogP contribution in [0, 0.1) is 6.92 Å². The topological polar surface area (TPSA) is 96.4 Å². The van der Waals surface area contributed by atoms with E-state index in [2.05, 4.69) is 20.6 Å². The van der Waals surface area contributed by atoms with Crippen LogP contribution in [0.15, 0.2) is 30.7 Å². The van der Waals surface area contributed by atoms with Crippen LogP contribution >= 0.6 is 0 Å². The molecular weight excluding hydrogens is 308 g/mol. The Bertz CT molecular complexity index is 744. The van der Waals surface area contributed by atoms with E-state index in [4.69, 9.17) is 4.74 Å². The number of pyridine rings is 2. The van der Waals surface area contributed by atoms with Crippen molar-refractivity contribution < 1.29 is 14.6 Å². The van der Waals surface area contributed by atoms with Crippen LogP contribution in [0.3, 0.4) is 0 Å². The summed E-state index contributed by atoms with van der Waals surface area (Å²) in [7, 11) is 1.54. The van der Waals surface area contributed by atoms with E-state index in [0.29, 0.717) is 30.2 Å². The number of rotatable bonds is 4. The molecular formula is C17H20N4O3. The minimum absolute atomic E-state index is 0.203. The molecule has 24 heavy (non-hydrogen) atoms. The Morgan fingerprint density at radius 1 is 1.29 bits per heavy atom. The highest BCUT2D eigenvalue weighted by molar-refractivity contribution is 5.88. The standard InChI is InChI=1S/C17H20N4O3/c1-10-3-13(8-19-7-10)24-15-6-16(21-17(23)18-2)20-9-14(15)11-4-12(22)5-11/h3,6-9,11-12,22H,4-5H2,1-2H3,(H2,18,20,21,23). The molecule has 0 saturated heterocycles. The van der Waals surface area contributed by atoms with Gasteiger partial charge in [-0.15, -0.1) is 0 Å². The molecule has 0 aliphatic heterocycles. The van der Waals surface area contributed by atoms with Gasteiger partial charge in [-0.1, -0.05) is 0 Å². The van der Waals surface area contributed by atoms with E-state index in [0.717, 1.165) is 11.1 Å². The third-order valence-corrected chi connectivity index (χ3v) is 3.99. The first kappa shape index (κ1) is 16.2. The summed E-state index contributed by atoms with van der Waals surface area (Å²) < 4.78 is 5.98.